The van der Waals surface area contributed by atoms with Crippen LogP contribution < -0.4 is 0 Å². The van der Waals surface area contributed by atoms with Gasteiger partial charge in [0.05, 0.1) is 0 Å². The van der Waals surface area contributed by atoms with E-state index in [2.05, 4.69) is 60.7 Å². The molecule has 0 bridgehead atoms. The molecule has 0 amide bonds. The molecule has 0 unspecified atom stereocenters. The quantitative estimate of drug-likeness (QED) is 0.641. The van der Waals surface area contributed by atoms with Crippen molar-refractivity contribution in [2.45, 2.75) is 12.8 Å². The van der Waals surface area contributed by atoms with Crippen molar-refractivity contribution in [2.24, 2.45) is 0 Å². The highest BCUT2D eigenvalue weighted by atomic mass is 14.1. The Labute approximate surface area is 95.9 Å². The lowest BCUT2D eigenvalue weighted by Crippen LogP contribution is -1.85. The van der Waals surface area contributed by atoms with E-state index >= 15 is 0 Å². The number of allylic oxidation sites excluding steroid dienone is 4. The fourth-order valence-electron chi connectivity index (χ4n) is 2.20. The molecular formula is C16H14. The number of hydrogen-bond donors (Lipinski definition) is 0. The summed E-state index contributed by atoms with van der Waals surface area (Å²) in [5.41, 5.74) is 2.69. The second kappa shape index (κ2) is 3.97. The van der Waals surface area contributed by atoms with E-state index in [0.29, 0.717) is 0 Å². The summed E-state index contributed by atoms with van der Waals surface area (Å²) in [6.45, 7) is 0. The Kier molecular flexibility index (Phi) is 2.34. The zero-order valence-electron chi connectivity index (χ0n) is 9.19. The van der Waals surface area contributed by atoms with Crippen molar-refractivity contribution in [3.63, 3.8) is 0 Å². The fourth-order valence-corrected chi connectivity index (χ4v) is 2.20. The summed E-state index contributed by atoms with van der Waals surface area (Å²) in [7, 11) is 0. The maximum Gasteiger partial charge on any atom is -0.0178 e. The first-order valence-electron chi connectivity index (χ1n) is 5.79. The zero-order valence-corrected chi connectivity index (χ0v) is 9.19. The molecule has 16 heavy (non-hydrogen) atoms. The maximum atomic E-state index is 2.32. The van der Waals surface area contributed by atoms with Crippen molar-refractivity contribution in [3.8, 4) is 0 Å². The normalized spacial score (nSPS) is 15.1. The largest absolute Gasteiger partial charge is 0.0836 e. The van der Waals surface area contributed by atoms with Gasteiger partial charge in [0, 0.05) is 0 Å². The average molecular weight is 206 g/mol. The van der Waals surface area contributed by atoms with Gasteiger partial charge in [-0.1, -0.05) is 54.6 Å². The third-order valence-electron chi connectivity index (χ3n) is 3.08. The molecule has 0 nitrogen and oxygen atoms in total. The number of fused-ring (bicyclic) bond motifs is 1. The lowest BCUT2D eigenvalue weighted by Gasteiger charge is -2.08. The second-order valence-corrected chi connectivity index (χ2v) is 4.20. The predicted octanol–water partition coefficient (Wildman–Crippen LogP) is 4.57. The predicted molar refractivity (Wildman–Crippen MR) is 70.3 cm³/mol. The van der Waals surface area contributed by atoms with Crippen LogP contribution in [0.3, 0.4) is 0 Å². The maximum absolute atomic E-state index is 2.32. The highest BCUT2D eigenvalue weighted by molar-refractivity contribution is 5.88. The van der Waals surface area contributed by atoms with E-state index in [4.69, 9.17) is 0 Å². The van der Waals surface area contributed by atoms with Crippen molar-refractivity contribution in [2.75, 3.05) is 0 Å². The smallest absolute Gasteiger partial charge is 0.0178 e. The highest BCUT2D eigenvalue weighted by Gasteiger charge is 2.01. The van der Waals surface area contributed by atoms with Crippen molar-refractivity contribution in [1.29, 1.82) is 0 Å². The van der Waals surface area contributed by atoms with Gasteiger partial charge in [-0.2, -0.15) is 0 Å². The van der Waals surface area contributed by atoms with Crippen LogP contribution in [0.2, 0.25) is 0 Å². The van der Waals surface area contributed by atoms with Crippen molar-refractivity contribution in [3.05, 3.63) is 66.3 Å². The minimum Gasteiger partial charge on any atom is -0.0836 e. The molecule has 0 saturated heterocycles. The van der Waals surface area contributed by atoms with E-state index in [1.165, 1.54) is 34.8 Å². The van der Waals surface area contributed by atoms with Crippen LogP contribution in [-0.2, 0) is 0 Å². The number of benzene rings is 2. The van der Waals surface area contributed by atoms with Gasteiger partial charge in [0.25, 0.3) is 0 Å². The molecule has 0 fully saturated rings. The fraction of sp³-hybridized carbons (Fsp3) is 0.125. The molecule has 1 aliphatic rings. The Morgan fingerprint density at radius 3 is 2.50 bits per heavy atom. The zero-order chi connectivity index (χ0) is 10.8. The van der Waals surface area contributed by atoms with Gasteiger partial charge in [0.1, 0.15) is 0 Å². The Bertz CT molecular complexity index is 573. The third-order valence-corrected chi connectivity index (χ3v) is 3.08. The van der Waals surface area contributed by atoms with E-state index in [9.17, 15) is 0 Å². The molecule has 0 spiro atoms. The van der Waals surface area contributed by atoms with E-state index in [0.717, 1.165) is 0 Å². The second-order valence-electron chi connectivity index (χ2n) is 4.20. The summed E-state index contributed by atoms with van der Waals surface area (Å²) in [6, 6.07) is 15.2. The van der Waals surface area contributed by atoms with Crippen molar-refractivity contribution in [1.82, 2.24) is 0 Å². The van der Waals surface area contributed by atoms with Crippen LogP contribution in [0.25, 0.3) is 16.3 Å². The summed E-state index contributed by atoms with van der Waals surface area (Å²) >= 11 is 0. The Morgan fingerprint density at radius 1 is 0.812 bits per heavy atom. The first-order chi connectivity index (χ1) is 7.93. The van der Waals surface area contributed by atoms with Crippen LogP contribution in [-0.4, -0.2) is 0 Å². The van der Waals surface area contributed by atoms with Gasteiger partial charge in [-0.15, -0.1) is 0 Å². The molecule has 0 heterocycles. The van der Waals surface area contributed by atoms with Crippen LogP contribution in [0.5, 0.6) is 0 Å². The molecule has 0 aromatic heterocycles. The SMILES string of the molecule is C1=CC(c2ccc3ccccc3c2)=CCC1. The molecule has 0 saturated carbocycles. The van der Waals surface area contributed by atoms with Crippen LogP contribution in [0.15, 0.2) is 60.7 Å². The topological polar surface area (TPSA) is 0 Å². The van der Waals surface area contributed by atoms with Gasteiger partial charge in [-0.05, 0) is 40.8 Å². The summed E-state index contributed by atoms with van der Waals surface area (Å²) in [6.07, 6.45) is 9.15. The first kappa shape index (κ1) is 9.41. The molecule has 0 atom stereocenters. The molecule has 2 aromatic rings. The summed E-state index contributed by atoms with van der Waals surface area (Å²) in [5, 5.41) is 2.63. The number of hydrogen-bond acceptors (Lipinski definition) is 0. The molecule has 0 N–H and O–H groups in total. The Hall–Kier alpha value is -1.82. The lowest BCUT2D eigenvalue weighted by molar-refractivity contribution is 1.04. The first-order valence-corrected chi connectivity index (χ1v) is 5.79. The van der Waals surface area contributed by atoms with Gasteiger partial charge in [0.15, 0.2) is 0 Å². The average Bonchev–Trinajstić information content (AvgIpc) is 2.39. The number of rotatable bonds is 1. The van der Waals surface area contributed by atoms with Crippen LogP contribution in [0.1, 0.15) is 18.4 Å². The summed E-state index contributed by atoms with van der Waals surface area (Å²) in [5.74, 6) is 0. The van der Waals surface area contributed by atoms with Crippen LogP contribution in [0, 0.1) is 0 Å². The molecule has 1 aliphatic carbocycles. The van der Waals surface area contributed by atoms with Crippen LogP contribution in [0.4, 0.5) is 0 Å². The van der Waals surface area contributed by atoms with Gasteiger partial charge < -0.3 is 0 Å². The summed E-state index contributed by atoms with van der Waals surface area (Å²) < 4.78 is 0. The van der Waals surface area contributed by atoms with Gasteiger partial charge in [-0.3, -0.25) is 0 Å². The van der Waals surface area contributed by atoms with E-state index in [1.807, 2.05) is 0 Å². The highest BCUT2D eigenvalue weighted by Crippen LogP contribution is 2.24. The van der Waals surface area contributed by atoms with E-state index < -0.39 is 0 Å². The standard InChI is InChI=1S/C16H14/c1-2-6-13(7-3-1)16-11-10-14-8-4-5-9-15(14)12-16/h2,4-12H,1,3H2. The molecule has 0 aliphatic heterocycles. The monoisotopic (exact) mass is 206 g/mol. The van der Waals surface area contributed by atoms with Gasteiger partial charge in [-0.25, -0.2) is 0 Å². The molecule has 0 radical (unpaired) electrons. The lowest BCUT2D eigenvalue weighted by atomic mass is 9.97. The van der Waals surface area contributed by atoms with E-state index in [-0.39, 0.29) is 0 Å². The summed E-state index contributed by atoms with van der Waals surface area (Å²) in [4.78, 5) is 0. The van der Waals surface area contributed by atoms with Gasteiger partial charge in [0.2, 0.25) is 0 Å². The van der Waals surface area contributed by atoms with E-state index in [1.54, 1.807) is 0 Å². The third kappa shape index (κ3) is 1.67. The van der Waals surface area contributed by atoms with Crippen molar-refractivity contribution < 1.29 is 0 Å². The minimum absolute atomic E-state index is 1.17. The molecule has 78 valence electrons. The Balaban J connectivity index is 2.11. The minimum atomic E-state index is 1.17. The van der Waals surface area contributed by atoms with Gasteiger partial charge >= 0.3 is 0 Å². The Morgan fingerprint density at radius 2 is 1.69 bits per heavy atom. The molecule has 3 rings (SSSR count). The molecule has 2 aromatic carbocycles. The van der Waals surface area contributed by atoms with Crippen molar-refractivity contribution >= 4 is 16.3 Å². The molecular weight excluding hydrogens is 192 g/mol. The van der Waals surface area contributed by atoms with Crippen LogP contribution >= 0.6 is 0 Å². The molecule has 0 heteroatoms.